The summed E-state index contributed by atoms with van der Waals surface area (Å²) in [7, 11) is -0.986. The first-order valence-electron chi connectivity index (χ1n) is 10.4. The lowest BCUT2D eigenvalue weighted by molar-refractivity contribution is -0.151. The molecule has 0 radical (unpaired) electrons. The summed E-state index contributed by atoms with van der Waals surface area (Å²) in [4.78, 5) is 13.1. The third-order valence-corrected chi connectivity index (χ3v) is 8.33. The van der Waals surface area contributed by atoms with Gasteiger partial charge < -0.3 is 4.74 Å². The summed E-state index contributed by atoms with van der Waals surface area (Å²) in [5.41, 5.74) is 1.91. The number of halogens is 1. The monoisotopic (exact) mass is 471 g/mol. The molecule has 1 saturated heterocycles. The number of aryl methyl sites for hydroxylation is 1. The van der Waals surface area contributed by atoms with Crippen LogP contribution in [0.3, 0.4) is 0 Å². The van der Waals surface area contributed by atoms with Gasteiger partial charge in [-0.2, -0.15) is 14.5 Å². The van der Waals surface area contributed by atoms with E-state index in [0.29, 0.717) is 12.1 Å². The molecule has 2 aliphatic rings. The van der Waals surface area contributed by atoms with Gasteiger partial charge in [-0.05, 0) is 60.4 Å². The zero-order valence-corrected chi connectivity index (χ0v) is 18.9. The second-order valence-corrected chi connectivity index (χ2v) is 10.1. The normalized spacial score (nSPS) is 20.6. The van der Waals surface area contributed by atoms with E-state index in [2.05, 4.69) is 10.2 Å². The molecule has 2 aromatic heterocycles. The molecule has 9 nitrogen and oxygen atoms in total. The molecule has 0 spiro atoms. The first-order valence-corrected chi connectivity index (χ1v) is 11.8. The van der Waals surface area contributed by atoms with Gasteiger partial charge in [-0.1, -0.05) is 0 Å². The molecule has 1 fully saturated rings. The SMILES string of the molecule is COC(=O)[C@]12Cc3cnn(-c4ccc(F)cc4)c3C=C1CCN(S(=O)(=O)c1ccnn1C)C2. The molecule has 0 unspecified atom stereocenters. The Balaban J connectivity index is 1.56. The van der Waals surface area contributed by atoms with Crippen molar-refractivity contribution in [1.29, 1.82) is 0 Å². The van der Waals surface area contributed by atoms with Crippen LogP contribution in [0.2, 0.25) is 0 Å². The molecule has 5 rings (SSSR count). The first kappa shape index (κ1) is 21.5. The number of hydrogen-bond acceptors (Lipinski definition) is 6. The Hall–Kier alpha value is -3.31. The number of fused-ring (bicyclic) bond motifs is 2. The lowest BCUT2D eigenvalue weighted by Crippen LogP contribution is -2.53. The number of hydrogen-bond donors (Lipinski definition) is 0. The van der Waals surface area contributed by atoms with Gasteiger partial charge in [0.15, 0.2) is 5.03 Å². The van der Waals surface area contributed by atoms with Crippen molar-refractivity contribution in [2.75, 3.05) is 20.2 Å². The maximum Gasteiger partial charge on any atom is 0.317 e. The number of benzene rings is 1. The van der Waals surface area contributed by atoms with Gasteiger partial charge in [0, 0.05) is 20.1 Å². The van der Waals surface area contributed by atoms with Gasteiger partial charge in [-0.25, -0.2) is 17.5 Å². The maximum absolute atomic E-state index is 13.4. The smallest absolute Gasteiger partial charge is 0.317 e. The molecule has 11 heteroatoms. The van der Waals surface area contributed by atoms with Crippen LogP contribution in [0.25, 0.3) is 11.8 Å². The topological polar surface area (TPSA) is 99.3 Å². The molecule has 3 aromatic rings. The van der Waals surface area contributed by atoms with Crippen molar-refractivity contribution in [1.82, 2.24) is 23.9 Å². The van der Waals surface area contributed by atoms with Crippen LogP contribution in [0.5, 0.6) is 0 Å². The molecule has 0 N–H and O–H groups in total. The Morgan fingerprint density at radius 1 is 1.18 bits per heavy atom. The molecule has 0 saturated carbocycles. The number of piperidine rings is 1. The maximum atomic E-state index is 13.4. The molecule has 0 amide bonds. The van der Waals surface area contributed by atoms with Gasteiger partial charge in [0.05, 0.1) is 30.9 Å². The van der Waals surface area contributed by atoms with Crippen molar-refractivity contribution in [3.8, 4) is 5.69 Å². The lowest BCUT2D eigenvalue weighted by Gasteiger charge is -2.43. The van der Waals surface area contributed by atoms with Crippen LogP contribution in [0, 0.1) is 11.2 Å². The summed E-state index contributed by atoms with van der Waals surface area (Å²) in [5.74, 6) is -0.830. The Morgan fingerprint density at radius 3 is 2.61 bits per heavy atom. The number of methoxy groups -OCH3 is 1. The number of ether oxygens (including phenoxy) is 1. The summed E-state index contributed by atoms with van der Waals surface area (Å²) in [6.07, 6.45) is 5.58. The average Bonchev–Trinajstić information content (AvgIpc) is 3.43. The number of rotatable bonds is 4. The number of carbonyl (C=O) groups excluding carboxylic acids is 1. The summed E-state index contributed by atoms with van der Waals surface area (Å²) in [6.45, 7) is 0.179. The largest absolute Gasteiger partial charge is 0.468 e. The molecule has 3 heterocycles. The Labute approximate surface area is 190 Å². The molecule has 1 aliphatic carbocycles. The molecule has 1 atom stereocenters. The van der Waals surface area contributed by atoms with Gasteiger partial charge in [0.2, 0.25) is 0 Å². The minimum atomic E-state index is -3.86. The fourth-order valence-corrected chi connectivity index (χ4v) is 6.32. The lowest BCUT2D eigenvalue weighted by atomic mass is 9.69. The third-order valence-electron chi connectivity index (χ3n) is 6.41. The highest BCUT2D eigenvalue weighted by Gasteiger charge is 2.52. The fourth-order valence-electron chi connectivity index (χ4n) is 4.72. The van der Waals surface area contributed by atoms with E-state index in [9.17, 15) is 17.6 Å². The molecule has 1 aliphatic heterocycles. The molecule has 33 heavy (non-hydrogen) atoms. The van der Waals surface area contributed by atoms with Gasteiger partial charge in [-0.15, -0.1) is 0 Å². The van der Waals surface area contributed by atoms with Crippen LogP contribution in [0.15, 0.2) is 53.3 Å². The van der Waals surface area contributed by atoms with E-state index in [1.54, 1.807) is 30.1 Å². The van der Waals surface area contributed by atoms with Crippen LogP contribution in [-0.2, 0) is 33.0 Å². The van der Waals surface area contributed by atoms with Crippen LogP contribution >= 0.6 is 0 Å². The van der Waals surface area contributed by atoms with Crippen molar-refractivity contribution in [3.63, 3.8) is 0 Å². The Morgan fingerprint density at radius 2 is 1.94 bits per heavy atom. The molecule has 1 aromatic carbocycles. The highest BCUT2D eigenvalue weighted by atomic mass is 32.2. The van der Waals surface area contributed by atoms with Crippen LogP contribution in [-0.4, -0.2) is 58.5 Å². The van der Waals surface area contributed by atoms with Crippen molar-refractivity contribution in [2.24, 2.45) is 12.5 Å². The van der Waals surface area contributed by atoms with E-state index < -0.39 is 21.4 Å². The Bertz CT molecular complexity index is 1380. The average molecular weight is 472 g/mol. The summed E-state index contributed by atoms with van der Waals surface area (Å²) >= 11 is 0. The van der Waals surface area contributed by atoms with Gasteiger partial charge in [-0.3, -0.25) is 9.48 Å². The summed E-state index contributed by atoms with van der Waals surface area (Å²) in [6, 6.07) is 7.43. The number of carbonyl (C=O) groups is 1. The first-order chi connectivity index (χ1) is 15.8. The number of nitrogens with zero attached hydrogens (tertiary/aromatic N) is 5. The van der Waals surface area contributed by atoms with Gasteiger partial charge in [0.25, 0.3) is 10.0 Å². The highest BCUT2D eigenvalue weighted by molar-refractivity contribution is 7.89. The highest BCUT2D eigenvalue weighted by Crippen LogP contribution is 2.46. The standard InChI is InChI=1S/C22H22FN5O4S/c1-26-20(7-9-24-26)33(30,31)27-10-8-16-11-19-15(12-22(16,14-27)21(29)32-2)13-25-28(19)18-5-3-17(23)4-6-18/h3-7,9,11,13H,8,10,12,14H2,1-2H3/t22-/m0/s1. The van der Waals surface area contributed by atoms with E-state index in [4.69, 9.17) is 4.74 Å². The van der Waals surface area contributed by atoms with Crippen LogP contribution in [0.1, 0.15) is 17.7 Å². The van der Waals surface area contributed by atoms with Crippen LogP contribution < -0.4 is 0 Å². The fraction of sp³-hybridized carbons (Fsp3) is 0.318. The third kappa shape index (κ3) is 3.30. The molecular weight excluding hydrogens is 449 g/mol. The predicted octanol–water partition coefficient (Wildman–Crippen LogP) is 1.94. The Kier molecular flexibility index (Phi) is 4.98. The number of esters is 1. The molecule has 0 bridgehead atoms. The summed E-state index contributed by atoms with van der Waals surface area (Å²) in [5, 5.41) is 8.48. The van der Waals surface area contributed by atoms with Crippen molar-refractivity contribution in [3.05, 3.63) is 65.4 Å². The predicted molar refractivity (Wildman–Crippen MR) is 116 cm³/mol. The second-order valence-electron chi connectivity index (χ2n) is 8.24. The number of sulfonamides is 1. The van der Waals surface area contributed by atoms with Crippen molar-refractivity contribution in [2.45, 2.75) is 17.9 Å². The van der Waals surface area contributed by atoms with Gasteiger partial charge >= 0.3 is 5.97 Å². The van der Waals surface area contributed by atoms with E-state index >= 15 is 0 Å². The van der Waals surface area contributed by atoms with E-state index in [1.807, 2.05) is 6.08 Å². The minimum Gasteiger partial charge on any atom is -0.468 e. The van der Waals surface area contributed by atoms with E-state index in [1.165, 1.54) is 40.5 Å². The van der Waals surface area contributed by atoms with E-state index in [0.717, 1.165) is 16.8 Å². The van der Waals surface area contributed by atoms with Crippen LogP contribution in [0.4, 0.5) is 4.39 Å². The van der Waals surface area contributed by atoms with Crippen molar-refractivity contribution < 1.29 is 22.3 Å². The molecular formula is C22H22FN5O4S. The molecule has 172 valence electrons. The minimum absolute atomic E-state index is 0.0415. The van der Waals surface area contributed by atoms with E-state index in [-0.39, 0.29) is 30.4 Å². The zero-order chi connectivity index (χ0) is 23.4. The zero-order valence-electron chi connectivity index (χ0n) is 18.1. The number of aromatic nitrogens is 4. The van der Waals surface area contributed by atoms with Crippen molar-refractivity contribution >= 4 is 22.1 Å². The second kappa shape index (κ2) is 7.63. The summed E-state index contributed by atoms with van der Waals surface area (Å²) < 4.78 is 49.5. The quantitative estimate of drug-likeness (QED) is 0.540. The van der Waals surface area contributed by atoms with Gasteiger partial charge in [0.1, 0.15) is 11.2 Å².